The lowest BCUT2D eigenvalue weighted by atomic mass is 10.0. The lowest BCUT2D eigenvalue weighted by Crippen LogP contribution is -2.46. The van der Waals surface area contributed by atoms with Crippen molar-refractivity contribution >= 4 is 17.8 Å². The second kappa shape index (κ2) is 8.58. The van der Waals surface area contributed by atoms with Gasteiger partial charge < -0.3 is 30.2 Å². The molecule has 0 bridgehead atoms. The van der Waals surface area contributed by atoms with E-state index in [4.69, 9.17) is 14.2 Å². The van der Waals surface area contributed by atoms with Crippen molar-refractivity contribution in [1.82, 2.24) is 10.6 Å². The van der Waals surface area contributed by atoms with Gasteiger partial charge in [-0.05, 0) is 30.5 Å². The van der Waals surface area contributed by atoms with Crippen molar-refractivity contribution in [2.24, 2.45) is 0 Å². The average molecular weight is 377 g/mol. The van der Waals surface area contributed by atoms with E-state index in [1.54, 1.807) is 0 Å². The van der Waals surface area contributed by atoms with Crippen LogP contribution < -0.4 is 16.0 Å². The number of ether oxygens (including phenoxy) is 3. The molecule has 8 heteroatoms. The van der Waals surface area contributed by atoms with Crippen LogP contribution >= 0.6 is 0 Å². The van der Waals surface area contributed by atoms with E-state index in [0.29, 0.717) is 19.1 Å². The Morgan fingerprint density at radius 3 is 2.52 bits per heavy atom. The summed E-state index contributed by atoms with van der Waals surface area (Å²) in [5.74, 6) is 0.439. The van der Waals surface area contributed by atoms with Gasteiger partial charge in [0.2, 0.25) is 0 Å². The van der Waals surface area contributed by atoms with Gasteiger partial charge in [-0.15, -0.1) is 0 Å². The van der Waals surface area contributed by atoms with E-state index in [1.807, 2.05) is 31.2 Å². The van der Waals surface area contributed by atoms with Crippen molar-refractivity contribution in [2.75, 3.05) is 25.1 Å². The molecule has 4 atom stereocenters. The van der Waals surface area contributed by atoms with E-state index in [2.05, 4.69) is 29.8 Å². The number of alkyl carbamates (subject to hydrolysis) is 1. The Bertz CT molecular complexity index is 664. The number of amides is 3. The van der Waals surface area contributed by atoms with E-state index in [0.717, 1.165) is 5.69 Å². The van der Waals surface area contributed by atoms with E-state index in [9.17, 15) is 9.59 Å². The molecular formula is C19H27N3O5. The van der Waals surface area contributed by atoms with E-state index < -0.39 is 12.2 Å². The summed E-state index contributed by atoms with van der Waals surface area (Å²) < 4.78 is 16.7. The smallest absolute Gasteiger partial charge is 0.407 e. The monoisotopic (exact) mass is 377 g/mol. The van der Waals surface area contributed by atoms with Gasteiger partial charge in [-0.2, -0.15) is 0 Å². The van der Waals surface area contributed by atoms with E-state index in [-0.39, 0.29) is 30.9 Å². The first-order valence-corrected chi connectivity index (χ1v) is 9.33. The van der Waals surface area contributed by atoms with Crippen LogP contribution in [0.1, 0.15) is 32.3 Å². The highest BCUT2D eigenvalue weighted by molar-refractivity contribution is 5.89. The molecule has 0 unspecified atom stereocenters. The van der Waals surface area contributed by atoms with Crippen LogP contribution in [0, 0.1) is 0 Å². The van der Waals surface area contributed by atoms with Gasteiger partial charge in [0.25, 0.3) is 0 Å². The summed E-state index contributed by atoms with van der Waals surface area (Å²) in [5, 5.41) is 8.28. The van der Waals surface area contributed by atoms with Crippen molar-refractivity contribution in [3.05, 3.63) is 29.8 Å². The first kappa shape index (κ1) is 19.4. The van der Waals surface area contributed by atoms with Crippen LogP contribution in [0.5, 0.6) is 0 Å². The largest absolute Gasteiger partial charge is 0.441 e. The van der Waals surface area contributed by atoms with Crippen LogP contribution in [-0.2, 0) is 14.2 Å². The zero-order valence-corrected chi connectivity index (χ0v) is 15.9. The van der Waals surface area contributed by atoms with Crippen LogP contribution in [0.2, 0.25) is 0 Å². The number of benzene rings is 1. The average Bonchev–Trinajstić information content (AvgIpc) is 3.19. The van der Waals surface area contributed by atoms with Gasteiger partial charge in [0.15, 0.2) is 6.10 Å². The zero-order valence-electron chi connectivity index (χ0n) is 15.9. The Balaban J connectivity index is 1.50. The molecule has 2 saturated heterocycles. The number of carbonyl (C=O) groups excluding carboxylic acids is 2. The van der Waals surface area contributed by atoms with E-state index >= 15 is 0 Å². The van der Waals surface area contributed by atoms with Crippen LogP contribution in [-0.4, -0.2) is 56.2 Å². The summed E-state index contributed by atoms with van der Waals surface area (Å²) in [6.07, 6.45) is -1.67. The lowest BCUT2D eigenvalue weighted by molar-refractivity contribution is 0.00419. The second-order valence-electron chi connectivity index (χ2n) is 7.05. The molecule has 2 aliphatic heterocycles. The minimum atomic E-state index is -0.491. The number of anilines is 1. The third kappa shape index (κ3) is 4.70. The minimum absolute atomic E-state index is 0.253. The third-order valence-electron chi connectivity index (χ3n) is 4.74. The summed E-state index contributed by atoms with van der Waals surface area (Å²) in [5.41, 5.74) is 1.93. The summed E-state index contributed by atoms with van der Waals surface area (Å²) in [6, 6.07) is 7.14. The highest BCUT2D eigenvalue weighted by atomic mass is 16.6. The van der Waals surface area contributed by atoms with Crippen molar-refractivity contribution in [2.45, 2.75) is 51.0 Å². The number of carbonyl (C=O) groups is 2. The molecular weight excluding hydrogens is 350 g/mol. The van der Waals surface area contributed by atoms with Crippen molar-refractivity contribution in [3.8, 4) is 0 Å². The molecule has 0 saturated carbocycles. The molecule has 2 fully saturated rings. The molecule has 0 radical (unpaired) electrons. The van der Waals surface area contributed by atoms with Crippen molar-refractivity contribution in [3.63, 3.8) is 0 Å². The number of hydrogen-bond acceptors (Lipinski definition) is 5. The van der Waals surface area contributed by atoms with E-state index in [1.165, 1.54) is 5.56 Å². The number of fused-ring (bicyclic) bond motifs is 1. The van der Waals surface area contributed by atoms with Crippen LogP contribution in [0.3, 0.4) is 0 Å². The maximum atomic E-state index is 12.3. The fourth-order valence-corrected chi connectivity index (χ4v) is 3.30. The molecule has 148 valence electrons. The normalized spacial score (nSPS) is 26.5. The quantitative estimate of drug-likeness (QED) is 0.731. The Hall–Kier alpha value is -2.32. The molecule has 8 nitrogen and oxygen atoms in total. The lowest BCUT2D eigenvalue weighted by Gasteiger charge is -2.18. The van der Waals surface area contributed by atoms with Gasteiger partial charge in [-0.1, -0.05) is 26.0 Å². The predicted octanol–water partition coefficient (Wildman–Crippen LogP) is 2.21. The molecule has 3 amide bonds. The molecule has 0 aliphatic carbocycles. The Labute approximate surface area is 158 Å². The Kier molecular flexibility index (Phi) is 6.18. The van der Waals surface area contributed by atoms with Gasteiger partial charge >= 0.3 is 12.1 Å². The van der Waals surface area contributed by atoms with Crippen LogP contribution in [0.15, 0.2) is 24.3 Å². The Morgan fingerprint density at radius 1 is 1.15 bits per heavy atom. The van der Waals surface area contributed by atoms with Crippen molar-refractivity contribution in [1.29, 1.82) is 0 Å². The first-order valence-electron chi connectivity index (χ1n) is 9.33. The van der Waals surface area contributed by atoms with Gasteiger partial charge in [0.05, 0.1) is 19.3 Å². The summed E-state index contributed by atoms with van der Waals surface area (Å²) in [4.78, 5) is 23.9. The van der Waals surface area contributed by atoms with Gasteiger partial charge in [0, 0.05) is 12.2 Å². The molecule has 1 aromatic rings. The Morgan fingerprint density at radius 2 is 1.85 bits per heavy atom. The summed E-state index contributed by atoms with van der Waals surface area (Å²) >= 11 is 0. The molecule has 3 N–H and O–H groups in total. The SMILES string of the molecule is CCNC(=O)O[C@@H]1CO[C@H]2[C@@H]1OC[C@@H]2NC(=O)Nc1ccc(C(C)C)cc1. The zero-order chi connectivity index (χ0) is 19.4. The van der Waals surface area contributed by atoms with Gasteiger partial charge in [-0.25, -0.2) is 9.59 Å². The maximum absolute atomic E-state index is 12.3. The number of rotatable bonds is 5. The summed E-state index contributed by atoms with van der Waals surface area (Å²) in [6.45, 7) is 7.11. The molecule has 0 aromatic heterocycles. The molecule has 3 rings (SSSR count). The van der Waals surface area contributed by atoms with Crippen molar-refractivity contribution < 1.29 is 23.8 Å². The van der Waals surface area contributed by atoms with Gasteiger partial charge in [0.1, 0.15) is 12.2 Å². The topological polar surface area (TPSA) is 97.9 Å². The standard InChI is InChI=1S/C19H27N3O5/c1-4-20-19(24)27-15-10-26-16-14(9-25-17(15)16)22-18(23)21-13-7-5-12(6-8-13)11(2)3/h5-8,11,14-17H,4,9-10H2,1-3H3,(H,20,24)(H2,21,22,23)/t14-,15+,16+,17+/m0/s1. The number of hydrogen-bond donors (Lipinski definition) is 3. The fraction of sp³-hybridized carbons (Fsp3) is 0.579. The van der Waals surface area contributed by atoms with Gasteiger partial charge in [-0.3, -0.25) is 0 Å². The number of nitrogens with one attached hydrogen (secondary N) is 3. The number of urea groups is 1. The second-order valence-corrected chi connectivity index (χ2v) is 7.05. The molecule has 27 heavy (non-hydrogen) atoms. The van der Waals surface area contributed by atoms with Crippen LogP contribution in [0.25, 0.3) is 0 Å². The molecule has 0 spiro atoms. The molecule has 1 aromatic carbocycles. The highest BCUT2D eigenvalue weighted by Gasteiger charge is 2.50. The summed E-state index contributed by atoms with van der Waals surface area (Å²) in [7, 11) is 0. The minimum Gasteiger partial charge on any atom is -0.441 e. The first-order chi connectivity index (χ1) is 13.0. The predicted molar refractivity (Wildman–Crippen MR) is 99.9 cm³/mol. The third-order valence-corrected chi connectivity index (χ3v) is 4.74. The van der Waals surface area contributed by atoms with Crippen LogP contribution in [0.4, 0.5) is 15.3 Å². The fourth-order valence-electron chi connectivity index (χ4n) is 3.30. The maximum Gasteiger partial charge on any atom is 0.407 e. The molecule has 2 aliphatic rings. The highest BCUT2D eigenvalue weighted by Crippen LogP contribution is 2.29. The molecule has 2 heterocycles.